The topological polar surface area (TPSA) is 93.1 Å². The molecule has 1 saturated carbocycles. The van der Waals surface area contributed by atoms with E-state index in [0.717, 1.165) is 24.2 Å². The van der Waals surface area contributed by atoms with Crippen LogP contribution in [0.5, 0.6) is 0 Å². The Morgan fingerprint density at radius 3 is 2.67 bits per heavy atom. The lowest BCUT2D eigenvalue weighted by Crippen LogP contribution is -2.31. The van der Waals surface area contributed by atoms with Gasteiger partial charge in [0.1, 0.15) is 0 Å². The lowest BCUT2D eigenvalue weighted by Gasteiger charge is -2.14. The third-order valence-electron chi connectivity index (χ3n) is 4.50. The fraction of sp³-hybridized carbons (Fsp3) is 0.474. The summed E-state index contributed by atoms with van der Waals surface area (Å²) in [5.41, 5.74) is 2.40. The zero-order valence-corrected chi connectivity index (χ0v) is 16.7. The second-order valence-corrected chi connectivity index (χ2v) is 9.06. The molecule has 2 N–H and O–H groups in total. The summed E-state index contributed by atoms with van der Waals surface area (Å²) < 4.78 is 29.2. The quantitative estimate of drug-likeness (QED) is 0.721. The molecule has 1 aromatic carbocycles. The van der Waals surface area contributed by atoms with E-state index in [1.807, 2.05) is 31.5 Å². The Hall–Kier alpha value is -2.19. The Bertz CT molecular complexity index is 932. The fourth-order valence-electron chi connectivity index (χ4n) is 2.88. The van der Waals surface area contributed by atoms with Gasteiger partial charge in [-0.15, -0.1) is 0 Å². The molecule has 0 saturated heterocycles. The van der Waals surface area contributed by atoms with Crippen molar-refractivity contribution in [1.29, 1.82) is 0 Å². The third-order valence-corrected chi connectivity index (χ3v) is 6.02. The van der Waals surface area contributed by atoms with Crippen LogP contribution in [0.4, 0.5) is 0 Å². The first-order chi connectivity index (χ1) is 12.7. The molecule has 1 aromatic heterocycles. The Kier molecular flexibility index (Phi) is 5.67. The fourth-order valence-corrected chi connectivity index (χ4v) is 4.23. The second kappa shape index (κ2) is 7.82. The minimum atomic E-state index is -3.57. The number of benzene rings is 1. The van der Waals surface area contributed by atoms with Crippen LogP contribution in [0.3, 0.4) is 0 Å². The van der Waals surface area contributed by atoms with Crippen LogP contribution >= 0.6 is 0 Å². The van der Waals surface area contributed by atoms with Crippen molar-refractivity contribution in [3.63, 3.8) is 0 Å². The summed E-state index contributed by atoms with van der Waals surface area (Å²) in [6.45, 7) is 7.19. The van der Waals surface area contributed by atoms with Gasteiger partial charge in [0.2, 0.25) is 10.0 Å². The number of amides is 1. The first kappa shape index (κ1) is 19.6. The van der Waals surface area contributed by atoms with Crippen LogP contribution in [-0.4, -0.2) is 36.7 Å². The zero-order valence-electron chi connectivity index (χ0n) is 15.9. The average molecular weight is 391 g/mol. The van der Waals surface area contributed by atoms with E-state index in [0.29, 0.717) is 18.7 Å². The van der Waals surface area contributed by atoms with Gasteiger partial charge in [0.25, 0.3) is 5.91 Å². The Morgan fingerprint density at radius 2 is 2.04 bits per heavy atom. The highest BCUT2D eigenvalue weighted by Crippen LogP contribution is 2.22. The number of rotatable bonds is 8. The summed E-state index contributed by atoms with van der Waals surface area (Å²) in [7, 11) is -3.57. The van der Waals surface area contributed by atoms with Crippen LogP contribution < -0.4 is 10.0 Å². The summed E-state index contributed by atoms with van der Waals surface area (Å²) in [5.74, 6) is -0.0888. The van der Waals surface area contributed by atoms with E-state index in [1.165, 1.54) is 12.1 Å². The minimum absolute atomic E-state index is 0.0303. The summed E-state index contributed by atoms with van der Waals surface area (Å²) >= 11 is 0. The van der Waals surface area contributed by atoms with Crippen LogP contribution in [0.25, 0.3) is 0 Å². The molecule has 1 aliphatic carbocycles. The Morgan fingerprint density at radius 1 is 1.30 bits per heavy atom. The number of sulfonamides is 1. The van der Waals surface area contributed by atoms with Gasteiger partial charge in [0.15, 0.2) is 0 Å². The summed E-state index contributed by atoms with van der Waals surface area (Å²) in [6.07, 6.45) is 1.74. The maximum Gasteiger partial charge on any atom is 0.251 e. The Labute approximate surface area is 160 Å². The highest BCUT2D eigenvalue weighted by molar-refractivity contribution is 7.89. The number of aromatic nitrogens is 2. The SMILES string of the molecule is Cc1cc(C)n(CC(C)CNC(=O)c2cccc(S(=O)(=O)NC3CC3)c2)n1. The molecule has 1 unspecified atom stereocenters. The standard InChI is InChI=1S/C19H26N4O3S/c1-13(12-23-15(3)9-14(2)21-23)11-20-19(24)16-5-4-6-18(10-16)27(25,26)22-17-7-8-17/h4-6,9-10,13,17,22H,7-8,11-12H2,1-3H3,(H,20,24). The molecule has 3 rings (SSSR count). The van der Waals surface area contributed by atoms with Gasteiger partial charge in [0.05, 0.1) is 10.6 Å². The monoisotopic (exact) mass is 390 g/mol. The van der Waals surface area contributed by atoms with Crippen molar-refractivity contribution < 1.29 is 13.2 Å². The molecule has 0 aliphatic heterocycles. The van der Waals surface area contributed by atoms with E-state index < -0.39 is 10.0 Å². The summed E-state index contributed by atoms with van der Waals surface area (Å²) in [5, 5.41) is 7.31. The number of carbonyl (C=O) groups is 1. The first-order valence-electron chi connectivity index (χ1n) is 9.16. The maximum absolute atomic E-state index is 12.4. The highest BCUT2D eigenvalue weighted by atomic mass is 32.2. The van der Waals surface area contributed by atoms with Gasteiger partial charge in [-0.25, -0.2) is 13.1 Å². The number of carbonyl (C=O) groups excluding carboxylic acids is 1. The van der Waals surface area contributed by atoms with Crippen molar-refractivity contribution in [3.8, 4) is 0 Å². The molecule has 146 valence electrons. The number of nitrogens with zero attached hydrogens (tertiary/aromatic N) is 2. The van der Waals surface area contributed by atoms with E-state index in [4.69, 9.17) is 0 Å². The second-order valence-electron chi connectivity index (χ2n) is 7.35. The molecule has 8 heteroatoms. The number of nitrogens with one attached hydrogen (secondary N) is 2. The van der Waals surface area contributed by atoms with Gasteiger partial charge in [0, 0.05) is 30.4 Å². The van der Waals surface area contributed by atoms with Crippen molar-refractivity contribution in [3.05, 3.63) is 47.3 Å². The molecule has 0 bridgehead atoms. The summed E-state index contributed by atoms with van der Waals surface area (Å²) in [6, 6.07) is 8.20. The van der Waals surface area contributed by atoms with Crippen molar-refractivity contribution in [2.24, 2.45) is 5.92 Å². The molecule has 0 radical (unpaired) electrons. The van der Waals surface area contributed by atoms with Crippen LogP contribution in [0.2, 0.25) is 0 Å². The first-order valence-corrected chi connectivity index (χ1v) is 10.6. The van der Waals surface area contributed by atoms with Crippen LogP contribution in [0.1, 0.15) is 41.5 Å². The normalized spacial score (nSPS) is 15.5. The third kappa shape index (κ3) is 5.17. The predicted molar refractivity (Wildman–Crippen MR) is 103 cm³/mol. The van der Waals surface area contributed by atoms with Crippen molar-refractivity contribution in [2.45, 2.75) is 51.1 Å². The van der Waals surface area contributed by atoms with Crippen LogP contribution in [0.15, 0.2) is 35.2 Å². The van der Waals surface area contributed by atoms with Crippen LogP contribution in [-0.2, 0) is 16.6 Å². The van der Waals surface area contributed by atoms with E-state index in [-0.39, 0.29) is 22.8 Å². The predicted octanol–water partition coefficient (Wildman–Crippen LogP) is 2.01. The molecule has 2 aromatic rings. The molecular formula is C19H26N4O3S. The number of hydrogen-bond donors (Lipinski definition) is 2. The van der Waals surface area contributed by atoms with Gasteiger partial charge < -0.3 is 5.32 Å². The van der Waals surface area contributed by atoms with E-state index in [2.05, 4.69) is 15.1 Å². The average Bonchev–Trinajstić information content (AvgIpc) is 3.36. The van der Waals surface area contributed by atoms with E-state index in [9.17, 15) is 13.2 Å². The van der Waals surface area contributed by atoms with Gasteiger partial charge in [-0.1, -0.05) is 13.0 Å². The lowest BCUT2D eigenvalue weighted by molar-refractivity contribution is 0.0946. The smallest absolute Gasteiger partial charge is 0.251 e. The molecule has 1 amide bonds. The van der Waals surface area contributed by atoms with Gasteiger partial charge in [-0.3, -0.25) is 9.48 Å². The molecular weight excluding hydrogens is 364 g/mol. The van der Waals surface area contributed by atoms with Gasteiger partial charge in [-0.05, 0) is 56.9 Å². The highest BCUT2D eigenvalue weighted by Gasteiger charge is 2.28. The maximum atomic E-state index is 12.4. The van der Waals surface area contributed by atoms with Crippen molar-refractivity contribution in [2.75, 3.05) is 6.54 Å². The molecule has 7 nitrogen and oxygen atoms in total. The number of aryl methyl sites for hydroxylation is 2. The molecule has 1 aliphatic rings. The lowest BCUT2D eigenvalue weighted by atomic mass is 10.1. The number of hydrogen-bond acceptors (Lipinski definition) is 4. The van der Waals surface area contributed by atoms with E-state index >= 15 is 0 Å². The summed E-state index contributed by atoms with van der Waals surface area (Å²) in [4.78, 5) is 12.6. The molecule has 1 atom stereocenters. The van der Waals surface area contributed by atoms with Gasteiger partial charge in [-0.2, -0.15) is 5.10 Å². The zero-order chi connectivity index (χ0) is 19.6. The van der Waals surface area contributed by atoms with E-state index in [1.54, 1.807) is 12.1 Å². The van der Waals surface area contributed by atoms with Crippen molar-refractivity contribution in [1.82, 2.24) is 19.8 Å². The van der Waals surface area contributed by atoms with Crippen molar-refractivity contribution >= 4 is 15.9 Å². The van der Waals surface area contributed by atoms with Gasteiger partial charge >= 0.3 is 0 Å². The molecule has 1 fully saturated rings. The largest absolute Gasteiger partial charge is 0.352 e. The Balaban J connectivity index is 1.59. The molecule has 0 spiro atoms. The molecule has 1 heterocycles. The minimum Gasteiger partial charge on any atom is -0.352 e. The van der Waals surface area contributed by atoms with Crippen LogP contribution in [0, 0.1) is 19.8 Å². The molecule has 27 heavy (non-hydrogen) atoms.